The summed E-state index contributed by atoms with van der Waals surface area (Å²) in [7, 11) is -2.15. The average Bonchev–Trinajstić information content (AvgIpc) is 3.95. The average molecular weight is 961 g/mol. The molecule has 5 aliphatic rings. The van der Waals surface area contributed by atoms with Crippen LogP contribution in [0.2, 0.25) is 0 Å². The maximum Gasteiger partial charge on any atom is 0.301 e. The Kier molecular flexibility index (Phi) is 12.3. The van der Waals surface area contributed by atoms with E-state index in [2.05, 4.69) is 42.8 Å². The van der Waals surface area contributed by atoms with E-state index in [1.54, 1.807) is 11.0 Å². The molecule has 2 N–H and O–H groups in total. The normalized spacial score (nSPS) is 22.4. The van der Waals surface area contributed by atoms with Gasteiger partial charge in [-0.2, -0.15) is 18.0 Å². The summed E-state index contributed by atoms with van der Waals surface area (Å²) in [5.74, 6) is -2.34. The number of alkyl halides is 1. The predicted octanol–water partition coefficient (Wildman–Crippen LogP) is 5.22. The van der Waals surface area contributed by atoms with Crippen molar-refractivity contribution >= 4 is 55.9 Å². The second-order valence-electron chi connectivity index (χ2n) is 18.3. The minimum Gasteiger partial charge on any atom is -0.453 e. The number of rotatable bonds is 11. The standard InChI is InChI=1S/C49H50F2N10O7S/c1-56(32-2-6-34(7-3-32)57-20-22-58(23-21-57)36-10-12-38-30(24-36)27-60(48(38)64)44-16-17-45(62)54-47(44)63)33-4-8-35(9-5-33)61-29-53-42-14-11-37(25-39(42)49(61)65)68-46-40(26-52)43(15-13-41(46)51)55-69(66,67)59-19-18-31(50)28-59/h4-5,8-15,24-25,29,31-32,34,44,55H,2-3,6-7,16-23,27-28H2,1H3,(H,54,62,63)/t31-,32?,34?,44+/m1/s1. The molecule has 10 rings (SSSR count). The number of anilines is 3. The van der Waals surface area contributed by atoms with E-state index in [-0.39, 0.29) is 54.6 Å². The van der Waals surface area contributed by atoms with E-state index in [1.807, 2.05) is 36.4 Å². The van der Waals surface area contributed by atoms with Crippen LogP contribution in [0, 0.1) is 17.1 Å². The zero-order valence-corrected chi connectivity index (χ0v) is 38.6. The fourth-order valence-corrected chi connectivity index (χ4v) is 11.7. The van der Waals surface area contributed by atoms with Gasteiger partial charge in [-0.15, -0.1) is 0 Å². The van der Waals surface area contributed by atoms with Gasteiger partial charge in [-0.25, -0.2) is 13.8 Å². The topological polar surface area (TPSA) is 194 Å². The minimum atomic E-state index is -4.24. The third kappa shape index (κ3) is 8.97. The summed E-state index contributed by atoms with van der Waals surface area (Å²) in [5, 5.41) is 12.5. The number of hydrogen-bond donors (Lipinski definition) is 2. The highest BCUT2D eigenvalue weighted by Gasteiger charge is 2.40. The first-order valence-corrected chi connectivity index (χ1v) is 24.6. The summed E-state index contributed by atoms with van der Waals surface area (Å²) >= 11 is 0. The molecule has 0 bridgehead atoms. The third-order valence-corrected chi connectivity index (χ3v) is 15.8. The monoisotopic (exact) mass is 960 g/mol. The molecule has 3 amide bonds. The van der Waals surface area contributed by atoms with Crippen LogP contribution in [0.1, 0.15) is 66.4 Å². The van der Waals surface area contributed by atoms with E-state index < -0.39 is 51.0 Å². The van der Waals surface area contributed by atoms with Crippen molar-refractivity contribution in [3.05, 3.63) is 112 Å². The number of ether oxygens (including phenoxy) is 1. The van der Waals surface area contributed by atoms with Crippen LogP contribution in [0.25, 0.3) is 16.6 Å². The number of carbonyl (C=O) groups excluding carboxylic acids is 3. The minimum absolute atomic E-state index is 0.0146. The van der Waals surface area contributed by atoms with Crippen molar-refractivity contribution in [2.24, 2.45) is 0 Å². The number of halogens is 2. The number of amides is 3. The third-order valence-electron chi connectivity index (χ3n) is 14.3. The second kappa shape index (κ2) is 18.5. The van der Waals surface area contributed by atoms with Gasteiger partial charge < -0.3 is 19.4 Å². The SMILES string of the molecule is CN(c1ccc(-n2cnc3ccc(Oc4c(F)ccc(NS(=O)(=O)N5CC[C@@H](F)C5)c4C#N)cc3c2=O)cc1)C1CCC(N2CCN(c3ccc4c(c3)CN([C@H]3CCC(=O)NC3=O)C4=O)CC2)CC1. The van der Waals surface area contributed by atoms with Gasteiger partial charge in [0, 0.05) is 88.3 Å². The Hall–Kier alpha value is -6.95. The number of piperidine rings is 1. The smallest absolute Gasteiger partial charge is 0.301 e. The van der Waals surface area contributed by atoms with Gasteiger partial charge in [0.25, 0.3) is 11.5 Å². The Morgan fingerprint density at radius 1 is 0.884 bits per heavy atom. The summed E-state index contributed by atoms with van der Waals surface area (Å²) in [6, 6.07) is 22.0. The van der Waals surface area contributed by atoms with E-state index in [1.165, 1.54) is 29.1 Å². The molecule has 1 aliphatic carbocycles. The Morgan fingerprint density at radius 3 is 2.35 bits per heavy atom. The van der Waals surface area contributed by atoms with Crippen molar-refractivity contribution in [1.29, 1.82) is 5.26 Å². The van der Waals surface area contributed by atoms with Crippen molar-refractivity contribution < 1.29 is 36.3 Å². The highest BCUT2D eigenvalue weighted by Crippen LogP contribution is 2.36. The van der Waals surface area contributed by atoms with Gasteiger partial charge >= 0.3 is 10.2 Å². The Morgan fingerprint density at radius 2 is 1.64 bits per heavy atom. The van der Waals surface area contributed by atoms with Gasteiger partial charge in [0.15, 0.2) is 11.6 Å². The van der Waals surface area contributed by atoms with Crippen LogP contribution in [-0.2, 0) is 26.3 Å². The molecule has 5 aromatic rings. The van der Waals surface area contributed by atoms with Crippen LogP contribution >= 0.6 is 0 Å². The van der Waals surface area contributed by atoms with Gasteiger partial charge in [-0.3, -0.25) is 38.7 Å². The van der Waals surface area contributed by atoms with Crippen molar-refractivity contribution in [3.63, 3.8) is 0 Å². The lowest BCUT2D eigenvalue weighted by atomic mass is 9.88. The largest absolute Gasteiger partial charge is 0.453 e. The van der Waals surface area contributed by atoms with Gasteiger partial charge in [0.2, 0.25) is 11.8 Å². The molecule has 0 radical (unpaired) electrons. The first kappa shape index (κ1) is 45.8. The molecular formula is C49H50F2N10O7S. The second-order valence-corrected chi connectivity index (χ2v) is 20.0. The molecule has 0 spiro atoms. The van der Waals surface area contributed by atoms with Crippen LogP contribution < -0.4 is 30.1 Å². The summed E-state index contributed by atoms with van der Waals surface area (Å²) in [5.41, 5.74) is 3.47. The molecule has 358 valence electrons. The van der Waals surface area contributed by atoms with E-state index in [0.717, 1.165) is 85.2 Å². The fourth-order valence-electron chi connectivity index (χ4n) is 10.4. The van der Waals surface area contributed by atoms with Crippen LogP contribution in [0.4, 0.5) is 25.8 Å². The molecule has 5 heterocycles. The highest BCUT2D eigenvalue weighted by molar-refractivity contribution is 7.90. The number of fused-ring (bicyclic) bond motifs is 2. The molecule has 20 heteroatoms. The molecule has 1 aromatic heterocycles. The van der Waals surface area contributed by atoms with Crippen molar-refractivity contribution in [2.45, 2.75) is 75.8 Å². The number of imide groups is 1. The molecule has 0 unspecified atom stereocenters. The van der Waals surface area contributed by atoms with Gasteiger partial charge in [-0.05, 0) is 117 Å². The molecule has 2 atom stereocenters. The molecular weight excluding hydrogens is 911 g/mol. The Labute approximate surface area is 397 Å². The first-order chi connectivity index (χ1) is 33.2. The van der Waals surface area contributed by atoms with E-state index in [0.29, 0.717) is 41.8 Å². The molecule has 17 nitrogen and oxygen atoms in total. The van der Waals surface area contributed by atoms with Crippen LogP contribution in [0.3, 0.4) is 0 Å². The fraction of sp³-hybridized carbons (Fsp3) is 0.388. The summed E-state index contributed by atoms with van der Waals surface area (Å²) in [6.45, 7) is 3.60. The molecule has 69 heavy (non-hydrogen) atoms. The number of nitrogens with one attached hydrogen (secondary N) is 2. The number of hydrogen-bond acceptors (Lipinski definition) is 12. The van der Waals surface area contributed by atoms with Crippen molar-refractivity contribution in [3.8, 4) is 23.3 Å². The maximum absolute atomic E-state index is 15.2. The molecule has 1 saturated carbocycles. The van der Waals surface area contributed by atoms with Crippen LogP contribution in [0.5, 0.6) is 11.5 Å². The number of nitrogens with zero attached hydrogens (tertiary/aromatic N) is 8. The molecule has 3 saturated heterocycles. The van der Waals surface area contributed by atoms with Crippen molar-refractivity contribution in [2.75, 3.05) is 60.8 Å². The quantitative estimate of drug-likeness (QED) is 0.164. The van der Waals surface area contributed by atoms with Gasteiger partial charge in [0.05, 0.1) is 22.3 Å². The van der Waals surface area contributed by atoms with E-state index in [9.17, 15) is 37.2 Å². The number of piperazine rings is 1. The number of nitriles is 1. The lowest BCUT2D eigenvalue weighted by Crippen LogP contribution is -2.52. The summed E-state index contributed by atoms with van der Waals surface area (Å²) < 4.78 is 65.2. The molecule has 4 aromatic carbocycles. The number of benzene rings is 4. The highest BCUT2D eigenvalue weighted by atomic mass is 32.2. The van der Waals surface area contributed by atoms with Gasteiger partial charge in [-0.1, -0.05) is 0 Å². The first-order valence-electron chi connectivity index (χ1n) is 23.2. The summed E-state index contributed by atoms with van der Waals surface area (Å²) in [4.78, 5) is 64.6. The predicted molar refractivity (Wildman–Crippen MR) is 253 cm³/mol. The lowest BCUT2D eigenvalue weighted by molar-refractivity contribution is -0.136. The zero-order chi connectivity index (χ0) is 48.1. The number of carbonyl (C=O) groups is 3. The van der Waals surface area contributed by atoms with Crippen LogP contribution in [0.15, 0.2) is 83.9 Å². The molecule has 4 aliphatic heterocycles. The van der Waals surface area contributed by atoms with Gasteiger partial charge in [0.1, 0.15) is 35.9 Å². The lowest BCUT2D eigenvalue weighted by Gasteiger charge is -2.44. The Balaban J connectivity index is 0.745. The Bertz CT molecular complexity index is 3080. The van der Waals surface area contributed by atoms with Crippen LogP contribution in [-0.4, -0.2) is 120 Å². The van der Waals surface area contributed by atoms with E-state index >= 15 is 4.39 Å². The maximum atomic E-state index is 15.2. The van der Waals surface area contributed by atoms with Crippen molar-refractivity contribution in [1.82, 2.24) is 29.0 Å². The van der Waals surface area contributed by atoms with E-state index in [4.69, 9.17) is 4.74 Å². The summed E-state index contributed by atoms with van der Waals surface area (Å²) in [6.07, 6.45) is 4.94. The number of aromatic nitrogens is 2. The zero-order valence-electron chi connectivity index (χ0n) is 37.8. The molecule has 4 fully saturated rings.